The molecule has 0 aromatic heterocycles. The zero-order valence-electron chi connectivity index (χ0n) is 9.61. The molecule has 2 atom stereocenters. The van der Waals surface area contributed by atoms with E-state index in [0.29, 0.717) is 13.2 Å². The van der Waals surface area contributed by atoms with Crippen molar-refractivity contribution >= 4 is 5.97 Å². The van der Waals surface area contributed by atoms with Crippen molar-refractivity contribution in [2.75, 3.05) is 20.3 Å². The zero-order valence-corrected chi connectivity index (χ0v) is 9.61. The molecule has 0 N–H and O–H groups in total. The highest BCUT2D eigenvalue weighted by Gasteiger charge is 2.41. The van der Waals surface area contributed by atoms with Crippen LogP contribution in [0, 0.1) is 0 Å². The minimum absolute atomic E-state index is 0.329. The Kier molecular flexibility index (Phi) is 4.07. The second-order valence-electron chi connectivity index (χ2n) is 3.78. The third-order valence-electron chi connectivity index (χ3n) is 2.14. The lowest BCUT2D eigenvalue weighted by atomic mass is 10.2. The number of ether oxygens (including phenoxy) is 4. The third-order valence-corrected chi connectivity index (χ3v) is 2.14. The monoisotopic (exact) mass is 218 g/mol. The first kappa shape index (κ1) is 12.4. The molecule has 5 nitrogen and oxygen atoms in total. The van der Waals surface area contributed by atoms with Gasteiger partial charge in [-0.05, 0) is 20.8 Å². The first-order valence-corrected chi connectivity index (χ1v) is 5.01. The van der Waals surface area contributed by atoms with E-state index in [4.69, 9.17) is 18.9 Å². The third kappa shape index (κ3) is 3.15. The molecule has 0 unspecified atom stereocenters. The Balaban J connectivity index is 2.56. The summed E-state index contributed by atoms with van der Waals surface area (Å²) < 4.78 is 20.8. The molecule has 0 aromatic rings. The number of carbonyl (C=O) groups is 1. The van der Waals surface area contributed by atoms with Gasteiger partial charge in [0.25, 0.3) is 0 Å². The average molecular weight is 218 g/mol. The molecule has 1 saturated heterocycles. The molecule has 1 rings (SSSR count). The van der Waals surface area contributed by atoms with Crippen molar-refractivity contribution in [2.45, 2.75) is 38.8 Å². The second kappa shape index (κ2) is 4.92. The summed E-state index contributed by atoms with van der Waals surface area (Å²) >= 11 is 0. The van der Waals surface area contributed by atoms with Crippen LogP contribution in [0.1, 0.15) is 20.8 Å². The van der Waals surface area contributed by atoms with Gasteiger partial charge in [0.2, 0.25) is 0 Å². The molecule has 1 fully saturated rings. The highest BCUT2D eigenvalue weighted by molar-refractivity contribution is 5.75. The zero-order chi connectivity index (χ0) is 11.5. The van der Waals surface area contributed by atoms with E-state index in [0.717, 1.165) is 0 Å². The second-order valence-corrected chi connectivity index (χ2v) is 3.78. The van der Waals surface area contributed by atoms with E-state index in [1.807, 2.05) is 0 Å². The van der Waals surface area contributed by atoms with E-state index in [2.05, 4.69) is 0 Å². The molecule has 0 radical (unpaired) electrons. The molecule has 1 aliphatic heterocycles. The van der Waals surface area contributed by atoms with E-state index in [9.17, 15) is 4.79 Å². The molecular weight excluding hydrogens is 200 g/mol. The van der Waals surface area contributed by atoms with Crippen LogP contribution in [0.15, 0.2) is 0 Å². The summed E-state index contributed by atoms with van der Waals surface area (Å²) in [5.74, 6) is -1.07. The van der Waals surface area contributed by atoms with Crippen LogP contribution in [0.3, 0.4) is 0 Å². The van der Waals surface area contributed by atoms with Gasteiger partial charge in [0.15, 0.2) is 11.9 Å². The van der Waals surface area contributed by atoms with E-state index in [1.54, 1.807) is 20.8 Å². The SMILES string of the molecule is CCOC(=O)[C@H](OC)[C@@H]1COC(C)(C)O1. The van der Waals surface area contributed by atoms with Crippen molar-refractivity contribution in [1.82, 2.24) is 0 Å². The van der Waals surface area contributed by atoms with Crippen molar-refractivity contribution < 1.29 is 23.7 Å². The van der Waals surface area contributed by atoms with Crippen molar-refractivity contribution in [3.8, 4) is 0 Å². The Bertz CT molecular complexity index is 226. The van der Waals surface area contributed by atoms with Crippen LogP contribution in [-0.2, 0) is 23.7 Å². The van der Waals surface area contributed by atoms with Gasteiger partial charge in [-0.1, -0.05) is 0 Å². The van der Waals surface area contributed by atoms with Gasteiger partial charge in [0.05, 0.1) is 13.2 Å². The fourth-order valence-electron chi connectivity index (χ4n) is 1.49. The van der Waals surface area contributed by atoms with E-state index >= 15 is 0 Å². The molecule has 0 aromatic carbocycles. The normalized spacial score (nSPS) is 26.3. The summed E-state index contributed by atoms with van der Waals surface area (Å²) in [6, 6.07) is 0. The predicted molar refractivity (Wildman–Crippen MR) is 52.3 cm³/mol. The number of esters is 1. The van der Waals surface area contributed by atoms with E-state index in [1.165, 1.54) is 7.11 Å². The van der Waals surface area contributed by atoms with E-state index in [-0.39, 0.29) is 0 Å². The highest BCUT2D eigenvalue weighted by atomic mass is 16.8. The largest absolute Gasteiger partial charge is 0.464 e. The summed E-state index contributed by atoms with van der Waals surface area (Å²) in [6.45, 7) is 6.01. The minimum atomic E-state index is -0.716. The molecule has 0 aliphatic carbocycles. The van der Waals surface area contributed by atoms with Gasteiger partial charge in [-0.15, -0.1) is 0 Å². The molecule has 0 saturated carbocycles. The number of hydrogen-bond donors (Lipinski definition) is 0. The van der Waals surface area contributed by atoms with Gasteiger partial charge in [-0.3, -0.25) is 0 Å². The van der Waals surface area contributed by atoms with Crippen LogP contribution >= 0.6 is 0 Å². The number of rotatable bonds is 4. The van der Waals surface area contributed by atoms with E-state index < -0.39 is 24.0 Å². The Morgan fingerprint density at radius 3 is 2.67 bits per heavy atom. The lowest BCUT2D eigenvalue weighted by molar-refractivity contribution is -0.175. The first-order valence-electron chi connectivity index (χ1n) is 5.01. The molecule has 1 aliphatic rings. The number of hydrogen-bond acceptors (Lipinski definition) is 5. The standard InChI is InChI=1S/C10H18O5/c1-5-13-9(11)8(12-4)7-6-14-10(2,3)15-7/h7-8H,5-6H2,1-4H3/t7-,8+/m0/s1. The van der Waals surface area contributed by atoms with Crippen molar-refractivity contribution in [3.63, 3.8) is 0 Å². The molecule has 0 amide bonds. The molecular formula is C10H18O5. The number of carbonyl (C=O) groups excluding carboxylic acids is 1. The maximum atomic E-state index is 11.5. The molecule has 15 heavy (non-hydrogen) atoms. The van der Waals surface area contributed by atoms with Gasteiger partial charge < -0.3 is 18.9 Å². The van der Waals surface area contributed by atoms with Crippen LogP contribution in [0.2, 0.25) is 0 Å². The lowest BCUT2D eigenvalue weighted by Crippen LogP contribution is -2.39. The fourth-order valence-corrected chi connectivity index (χ4v) is 1.49. The topological polar surface area (TPSA) is 54.0 Å². The smallest absolute Gasteiger partial charge is 0.338 e. The summed E-state index contributed by atoms with van der Waals surface area (Å²) in [6.07, 6.45) is -1.12. The van der Waals surface area contributed by atoms with Crippen molar-refractivity contribution in [3.05, 3.63) is 0 Å². The van der Waals surface area contributed by atoms with Gasteiger partial charge in [-0.25, -0.2) is 4.79 Å². The van der Waals surface area contributed by atoms with Crippen LogP contribution in [0.5, 0.6) is 0 Å². The lowest BCUT2D eigenvalue weighted by Gasteiger charge is -2.21. The summed E-state index contributed by atoms with van der Waals surface area (Å²) in [5.41, 5.74) is 0. The van der Waals surface area contributed by atoms with Gasteiger partial charge in [-0.2, -0.15) is 0 Å². The average Bonchev–Trinajstić information content (AvgIpc) is 2.48. The maximum absolute atomic E-state index is 11.5. The van der Waals surface area contributed by atoms with Crippen molar-refractivity contribution in [1.29, 1.82) is 0 Å². The number of methoxy groups -OCH3 is 1. The van der Waals surface area contributed by atoms with Crippen molar-refractivity contribution in [2.24, 2.45) is 0 Å². The Morgan fingerprint density at radius 2 is 2.27 bits per heavy atom. The quantitative estimate of drug-likeness (QED) is 0.651. The molecule has 88 valence electrons. The summed E-state index contributed by atoms with van der Waals surface area (Å²) in [4.78, 5) is 11.5. The minimum Gasteiger partial charge on any atom is -0.464 e. The van der Waals surface area contributed by atoms with Crippen LogP contribution in [0.25, 0.3) is 0 Å². The first-order chi connectivity index (χ1) is 7.00. The highest BCUT2D eigenvalue weighted by Crippen LogP contribution is 2.25. The maximum Gasteiger partial charge on any atom is 0.338 e. The Hall–Kier alpha value is -0.650. The van der Waals surface area contributed by atoms with Gasteiger partial charge in [0, 0.05) is 7.11 Å². The molecule has 1 heterocycles. The predicted octanol–water partition coefficient (Wildman–Crippen LogP) is 0.716. The molecule has 0 spiro atoms. The summed E-state index contributed by atoms with van der Waals surface area (Å²) in [7, 11) is 1.45. The van der Waals surface area contributed by atoms with Gasteiger partial charge in [0.1, 0.15) is 6.10 Å². The molecule has 0 bridgehead atoms. The summed E-state index contributed by atoms with van der Waals surface area (Å²) in [5, 5.41) is 0. The van der Waals surface area contributed by atoms with Crippen LogP contribution < -0.4 is 0 Å². The fraction of sp³-hybridized carbons (Fsp3) is 0.900. The van der Waals surface area contributed by atoms with Crippen LogP contribution in [-0.4, -0.2) is 44.3 Å². The van der Waals surface area contributed by atoms with Crippen LogP contribution in [0.4, 0.5) is 0 Å². The Labute approximate surface area is 89.6 Å². The molecule has 5 heteroatoms. The Morgan fingerprint density at radius 1 is 1.60 bits per heavy atom. The van der Waals surface area contributed by atoms with Gasteiger partial charge >= 0.3 is 5.97 Å².